The number of H-pyrrole nitrogens is 1. The van der Waals surface area contributed by atoms with Gasteiger partial charge in [-0.3, -0.25) is 14.4 Å². The van der Waals surface area contributed by atoms with Crippen LogP contribution in [0.2, 0.25) is 0 Å². The largest absolute Gasteiger partial charge is 0.496 e. The monoisotopic (exact) mass is 454 g/mol. The van der Waals surface area contributed by atoms with Crippen LogP contribution in [0, 0.1) is 18.3 Å². The van der Waals surface area contributed by atoms with Gasteiger partial charge in [0.25, 0.3) is 5.91 Å². The summed E-state index contributed by atoms with van der Waals surface area (Å²) in [6, 6.07) is 4.81. The summed E-state index contributed by atoms with van der Waals surface area (Å²) in [5.74, 6) is 0.475. The smallest absolute Gasteiger partial charge is 0.328 e. The predicted molar refractivity (Wildman–Crippen MR) is 119 cm³/mol. The Morgan fingerprint density at radius 1 is 1.24 bits per heavy atom. The van der Waals surface area contributed by atoms with Gasteiger partial charge in [0.05, 0.1) is 14.2 Å². The molecule has 3 amide bonds. The number of benzene rings is 1. The molecule has 3 rings (SSSR count). The first kappa shape index (κ1) is 23.7. The maximum atomic E-state index is 12.9. The third-order valence-electron chi connectivity index (χ3n) is 5.52. The molecule has 33 heavy (non-hydrogen) atoms. The highest BCUT2D eigenvalue weighted by atomic mass is 16.5. The van der Waals surface area contributed by atoms with Crippen LogP contribution in [0.25, 0.3) is 10.9 Å². The highest BCUT2D eigenvalue weighted by molar-refractivity contribution is 6.01. The number of aromatic nitrogens is 1. The second kappa shape index (κ2) is 10.5. The molecule has 0 aliphatic carbocycles. The molecule has 1 aliphatic heterocycles. The van der Waals surface area contributed by atoms with Gasteiger partial charge in [-0.2, -0.15) is 0 Å². The lowest BCUT2D eigenvalue weighted by Crippen LogP contribution is -2.52. The molecule has 3 atom stereocenters. The number of nitrogens with one attached hydrogen (secondary N) is 4. The number of rotatable bonds is 9. The van der Waals surface area contributed by atoms with E-state index < -0.39 is 35.8 Å². The highest BCUT2D eigenvalue weighted by Crippen LogP contribution is 2.26. The second-order valence-corrected chi connectivity index (χ2v) is 7.64. The minimum atomic E-state index is -1.10. The third-order valence-corrected chi connectivity index (χ3v) is 5.52. The van der Waals surface area contributed by atoms with Gasteiger partial charge in [0.15, 0.2) is 0 Å². The summed E-state index contributed by atoms with van der Waals surface area (Å²) in [5.41, 5.74) is 0.912. The molecule has 1 saturated heterocycles. The lowest BCUT2D eigenvalue weighted by atomic mass is 9.98. The summed E-state index contributed by atoms with van der Waals surface area (Å²) in [7, 11) is 2.73. The molecular weight excluding hydrogens is 428 g/mol. The molecule has 1 aromatic carbocycles. The molecule has 0 bridgehead atoms. The van der Waals surface area contributed by atoms with Gasteiger partial charge in [-0.1, -0.05) is 6.07 Å². The summed E-state index contributed by atoms with van der Waals surface area (Å²) in [6.07, 6.45) is 5.94. The van der Waals surface area contributed by atoms with Crippen molar-refractivity contribution >= 4 is 34.6 Å². The molecule has 4 N–H and O–H groups in total. The zero-order valence-electron chi connectivity index (χ0n) is 18.4. The van der Waals surface area contributed by atoms with Gasteiger partial charge < -0.3 is 30.4 Å². The molecule has 2 heterocycles. The van der Waals surface area contributed by atoms with Crippen LogP contribution < -0.4 is 20.7 Å². The Balaban J connectivity index is 1.73. The normalized spacial score (nSPS) is 16.9. The third kappa shape index (κ3) is 5.44. The lowest BCUT2D eigenvalue weighted by Gasteiger charge is -2.22. The fourth-order valence-corrected chi connectivity index (χ4v) is 3.77. The number of aromatic amines is 1. The standard InChI is InChI=1S/C23H26N4O6/c1-4-6-16(21(29)27-18(23(31)33-3)11-13-9-10-24-20(13)28)26-22(30)17-12-14-15(25-17)7-5-8-19(14)32-2/h1,5,7-8,12-13,16,18,25H,6,9-11H2,2-3H3,(H,24,28)(H,26,30)(H,27,29)/t13-,16?,18?/m0/s1. The maximum Gasteiger partial charge on any atom is 0.328 e. The molecule has 10 nitrogen and oxygen atoms in total. The molecule has 10 heteroatoms. The van der Waals surface area contributed by atoms with Crippen LogP contribution in [0.15, 0.2) is 24.3 Å². The van der Waals surface area contributed by atoms with Gasteiger partial charge in [-0.25, -0.2) is 4.79 Å². The van der Waals surface area contributed by atoms with Crippen molar-refractivity contribution in [1.29, 1.82) is 0 Å². The highest BCUT2D eigenvalue weighted by Gasteiger charge is 2.33. The Labute approximate surface area is 190 Å². The van der Waals surface area contributed by atoms with Crippen molar-refractivity contribution in [2.75, 3.05) is 20.8 Å². The molecule has 2 aromatic rings. The van der Waals surface area contributed by atoms with Crippen LogP contribution in [0.4, 0.5) is 0 Å². The average Bonchev–Trinajstić information content (AvgIpc) is 3.43. The number of carbonyl (C=O) groups is 4. The summed E-state index contributed by atoms with van der Waals surface area (Å²) < 4.78 is 10.1. The molecule has 1 aromatic heterocycles. The number of carbonyl (C=O) groups excluding carboxylic acids is 4. The number of ether oxygens (including phenoxy) is 2. The molecule has 0 radical (unpaired) electrons. The zero-order chi connectivity index (χ0) is 24.0. The van der Waals surface area contributed by atoms with Gasteiger partial charge in [0.2, 0.25) is 11.8 Å². The quantitative estimate of drug-likeness (QED) is 0.321. The van der Waals surface area contributed by atoms with Crippen LogP contribution in [0.1, 0.15) is 29.8 Å². The molecule has 1 fully saturated rings. The first-order chi connectivity index (χ1) is 15.9. The molecule has 174 valence electrons. The van der Waals surface area contributed by atoms with Crippen molar-refractivity contribution in [3.63, 3.8) is 0 Å². The number of terminal acetylenes is 1. The Morgan fingerprint density at radius 3 is 2.67 bits per heavy atom. The van der Waals surface area contributed by atoms with Gasteiger partial charge in [0, 0.05) is 29.8 Å². The van der Waals surface area contributed by atoms with Crippen LogP contribution >= 0.6 is 0 Å². The molecule has 0 saturated carbocycles. The van der Waals surface area contributed by atoms with Crippen LogP contribution in [0.3, 0.4) is 0 Å². The van der Waals surface area contributed by atoms with E-state index in [1.54, 1.807) is 24.3 Å². The summed E-state index contributed by atoms with van der Waals surface area (Å²) in [6.45, 7) is 0.510. The number of esters is 1. The van der Waals surface area contributed by atoms with E-state index in [-0.39, 0.29) is 24.4 Å². The van der Waals surface area contributed by atoms with E-state index >= 15 is 0 Å². The number of hydrogen-bond acceptors (Lipinski definition) is 6. The van der Waals surface area contributed by atoms with E-state index in [4.69, 9.17) is 15.9 Å². The Bertz CT molecular complexity index is 1100. The van der Waals surface area contributed by atoms with Crippen molar-refractivity contribution in [3.05, 3.63) is 30.0 Å². The van der Waals surface area contributed by atoms with Gasteiger partial charge >= 0.3 is 5.97 Å². The van der Waals surface area contributed by atoms with Crippen molar-refractivity contribution in [3.8, 4) is 18.1 Å². The number of methoxy groups -OCH3 is 2. The molecule has 1 aliphatic rings. The number of amides is 3. The van der Waals surface area contributed by atoms with E-state index in [2.05, 4.69) is 26.9 Å². The van der Waals surface area contributed by atoms with Crippen molar-refractivity contribution in [2.24, 2.45) is 5.92 Å². The summed E-state index contributed by atoms with van der Waals surface area (Å²) in [5, 5.41) is 8.57. The Morgan fingerprint density at radius 2 is 2.03 bits per heavy atom. The van der Waals surface area contributed by atoms with Crippen molar-refractivity contribution < 1.29 is 28.7 Å². The number of fused-ring (bicyclic) bond motifs is 1. The van der Waals surface area contributed by atoms with Crippen molar-refractivity contribution in [2.45, 2.75) is 31.3 Å². The van der Waals surface area contributed by atoms with Crippen LogP contribution in [-0.2, 0) is 19.1 Å². The topological polar surface area (TPSA) is 139 Å². The van der Waals surface area contributed by atoms with E-state index in [0.717, 1.165) is 0 Å². The number of hydrogen-bond donors (Lipinski definition) is 4. The molecular formula is C23H26N4O6. The Hall–Kier alpha value is -4.00. The van der Waals surface area contributed by atoms with E-state index in [0.29, 0.717) is 29.6 Å². The Kier molecular flexibility index (Phi) is 7.56. The van der Waals surface area contributed by atoms with Crippen molar-refractivity contribution in [1.82, 2.24) is 20.9 Å². The lowest BCUT2D eigenvalue weighted by molar-refractivity contribution is -0.146. The minimum Gasteiger partial charge on any atom is -0.496 e. The van der Waals surface area contributed by atoms with Crippen LogP contribution in [-0.4, -0.2) is 61.5 Å². The molecule has 2 unspecified atom stereocenters. The summed E-state index contributed by atoms with van der Waals surface area (Å²) in [4.78, 5) is 52.8. The van der Waals surface area contributed by atoms with E-state index in [1.165, 1.54) is 14.2 Å². The first-order valence-corrected chi connectivity index (χ1v) is 10.4. The van der Waals surface area contributed by atoms with E-state index in [1.807, 2.05) is 0 Å². The van der Waals surface area contributed by atoms with Gasteiger partial charge in [0.1, 0.15) is 23.5 Å². The summed E-state index contributed by atoms with van der Waals surface area (Å²) >= 11 is 0. The van der Waals surface area contributed by atoms with Crippen LogP contribution in [0.5, 0.6) is 5.75 Å². The maximum absolute atomic E-state index is 12.9. The minimum absolute atomic E-state index is 0.0861. The predicted octanol–water partition coefficient (Wildman–Crippen LogP) is 0.482. The average molecular weight is 454 g/mol. The SMILES string of the molecule is C#CCC(NC(=O)c1cc2c(OC)cccc2[nH]1)C(=O)NC(C[C@@H]1CCNC1=O)C(=O)OC. The first-order valence-electron chi connectivity index (χ1n) is 10.4. The fraction of sp³-hybridized carbons (Fsp3) is 0.391. The van der Waals surface area contributed by atoms with E-state index in [9.17, 15) is 19.2 Å². The van der Waals surface area contributed by atoms with Gasteiger partial charge in [-0.15, -0.1) is 12.3 Å². The second-order valence-electron chi connectivity index (χ2n) is 7.64. The fourth-order valence-electron chi connectivity index (χ4n) is 3.77. The zero-order valence-corrected chi connectivity index (χ0v) is 18.4. The van der Waals surface area contributed by atoms with Gasteiger partial charge in [-0.05, 0) is 31.0 Å². The molecule has 0 spiro atoms.